The van der Waals surface area contributed by atoms with E-state index in [2.05, 4.69) is 5.32 Å². The molecule has 0 radical (unpaired) electrons. The number of amides is 1. The van der Waals surface area contributed by atoms with Crippen LogP contribution in [-0.2, 0) is 16.0 Å². The molecule has 2 atom stereocenters. The zero-order chi connectivity index (χ0) is 14.8. The highest BCUT2D eigenvalue weighted by Gasteiger charge is 2.23. The van der Waals surface area contributed by atoms with Crippen LogP contribution in [0.25, 0.3) is 11.0 Å². The molecular weight excluding hydrogens is 266 g/mol. The molecule has 1 aromatic carbocycles. The molecule has 4 heteroatoms. The van der Waals surface area contributed by atoms with Crippen LogP contribution >= 0.6 is 0 Å². The summed E-state index contributed by atoms with van der Waals surface area (Å²) >= 11 is 0. The summed E-state index contributed by atoms with van der Waals surface area (Å²) in [4.78, 5) is 12.2. The molecule has 0 saturated carbocycles. The lowest BCUT2D eigenvalue weighted by Gasteiger charge is -2.19. The first kappa shape index (κ1) is 14.1. The SMILES string of the molecule is Cc1ccc2c(CC(=O)NC(C)C3CCCO3)coc2c1. The maximum atomic E-state index is 12.2. The minimum atomic E-state index is 0.0151. The maximum absolute atomic E-state index is 12.2. The fraction of sp³-hybridized carbons (Fsp3) is 0.471. The van der Waals surface area contributed by atoms with Gasteiger partial charge in [0.2, 0.25) is 5.91 Å². The van der Waals surface area contributed by atoms with E-state index < -0.39 is 0 Å². The number of rotatable bonds is 4. The van der Waals surface area contributed by atoms with E-state index in [-0.39, 0.29) is 18.1 Å². The Morgan fingerprint density at radius 2 is 2.33 bits per heavy atom. The van der Waals surface area contributed by atoms with E-state index >= 15 is 0 Å². The number of hydrogen-bond donors (Lipinski definition) is 1. The predicted molar refractivity (Wildman–Crippen MR) is 81.2 cm³/mol. The number of aryl methyl sites for hydroxylation is 1. The second-order valence-corrected chi connectivity index (χ2v) is 5.84. The van der Waals surface area contributed by atoms with Gasteiger partial charge in [-0.25, -0.2) is 0 Å². The molecule has 0 spiro atoms. The van der Waals surface area contributed by atoms with Crippen LogP contribution < -0.4 is 5.32 Å². The van der Waals surface area contributed by atoms with E-state index in [1.54, 1.807) is 6.26 Å². The number of furan rings is 1. The van der Waals surface area contributed by atoms with Crippen molar-refractivity contribution < 1.29 is 13.9 Å². The van der Waals surface area contributed by atoms with Crippen molar-refractivity contribution in [1.82, 2.24) is 5.32 Å². The largest absolute Gasteiger partial charge is 0.464 e. The molecule has 1 N–H and O–H groups in total. The van der Waals surface area contributed by atoms with Crippen molar-refractivity contribution in [3.8, 4) is 0 Å². The summed E-state index contributed by atoms with van der Waals surface area (Å²) in [6.07, 6.45) is 4.28. The highest BCUT2D eigenvalue weighted by Crippen LogP contribution is 2.23. The van der Waals surface area contributed by atoms with E-state index in [4.69, 9.17) is 9.15 Å². The number of carbonyl (C=O) groups is 1. The number of nitrogens with one attached hydrogen (secondary N) is 1. The van der Waals surface area contributed by atoms with Gasteiger partial charge in [0.15, 0.2) is 0 Å². The molecule has 2 heterocycles. The highest BCUT2D eigenvalue weighted by atomic mass is 16.5. The molecule has 3 rings (SSSR count). The minimum Gasteiger partial charge on any atom is -0.464 e. The third kappa shape index (κ3) is 3.10. The van der Waals surface area contributed by atoms with Crippen LogP contribution in [0.1, 0.15) is 30.9 Å². The third-order valence-corrected chi connectivity index (χ3v) is 4.07. The Morgan fingerprint density at radius 1 is 1.48 bits per heavy atom. The number of hydrogen-bond acceptors (Lipinski definition) is 3. The molecule has 1 aliphatic heterocycles. The van der Waals surface area contributed by atoms with Gasteiger partial charge in [-0.15, -0.1) is 0 Å². The molecule has 0 bridgehead atoms. The lowest BCUT2D eigenvalue weighted by atomic mass is 10.1. The summed E-state index contributed by atoms with van der Waals surface area (Å²) in [5.74, 6) is 0.0151. The average Bonchev–Trinajstić information content (AvgIpc) is 3.08. The molecule has 21 heavy (non-hydrogen) atoms. The number of fused-ring (bicyclic) bond motifs is 1. The lowest BCUT2D eigenvalue weighted by molar-refractivity contribution is -0.121. The zero-order valence-corrected chi connectivity index (χ0v) is 12.5. The normalized spacial score (nSPS) is 19.8. The van der Waals surface area contributed by atoms with E-state index in [9.17, 15) is 4.79 Å². The van der Waals surface area contributed by atoms with E-state index in [0.717, 1.165) is 41.5 Å². The van der Waals surface area contributed by atoms with Crippen LogP contribution in [-0.4, -0.2) is 24.7 Å². The van der Waals surface area contributed by atoms with Gasteiger partial charge in [0.25, 0.3) is 0 Å². The standard InChI is InChI=1S/C17H21NO3/c1-11-5-6-14-13(10-21-16(14)8-11)9-17(19)18-12(2)15-4-3-7-20-15/h5-6,8,10,12,15H,3-4,7,9H2,1-2H3,(H,18,19). The lowest BCUT2D eigenvalue weighted by Crippen LogP contribution is -2.41. The topological polar surface area (TPSA) is 51.5 Å². The monoisotopic (exact) mass is 287 g/mol. The molecule has 1 amide bonds. The second-order valence-electron chi connectivity index (χ2n) is 5.84. The minimum absolute atomic E-state index is 0.0151. The summed E-state index contributed by atoms with van der Waals surface area (Å²) in [7, 11) is 0. The van der Waals surface area contributed by atoms with Crippen LogP contribution in [0.15, 0.2) is 28.9 Å². The van der Waals surface area contributed by atoms with Crippen LogP contribution in [0.5, 0.6) is 0 Å². The Kier molecular flexibility index (Phi) is 3.97. The molecule has 0 aliphatic carbocycles. The van der Waals surface area contributed by atoms with Gasteiger partial charge in [0.1, 0.15) is 5.58 Å². The van der Waals surface area contributed by atoms with Gasteiger partial charge in [-0.2, -0.15) is 0 Å². The van der Waals surface area contributed by atoms with Crippen LogP contribution in [0.4, 0.5) is 0 Å². The summed E-state index contributed by atoms with van der Waals surface area (Å²) in [6.45, 7) is 4.83. The Balaban J connectivity index is 1.65. The Morgan fingerprint density at radius 3 is 3.10 bits per heavy atom. The van der Waals surface area contributed by atoms with E-state index in [0.29, 0.717) is 6.42 Å². The molecule has 1 aliphatic rings. The molecule has 112 valence electrons. The third-order valence-electron chi connectivity index (χ3n) is 4.07. The number of carbonyl (C=O) groups excluding carboxylic acids is 1. The summed E-state index contributed by atoms with van der Waals surface area (Å²) in [6, 6.07) is 6.10. The Labute approximate surface area is 124 Å². The van der Waals surface area contributed by atoms with Gasteiger partial charge in [-0.05, 0) is 38.3 Å². The van der Waals surface area contributed by atoms with Gasteiger partial charge in [-0.1, -0.05) is 12.1 Å². The van der Waals surface area contributed by atoms with Gasteiger partial charge in [0.05, 0.1) is 24.8 Å². The van der Waals surface area contributed by atoms with E-state index in [1.807, 2.05) is 32.0 Å². The van der Waals surface area contributed by atoms with Crippen LogP contribution in [0, 0.1) is 6.92 Å². The molecule has 1 fully saturated rings. The van der Waals surface area contributed by atoms with Crippen molar-refractivity contribution in [2.45, 2.75) is 45.3 Å². The first-order valence-corrected chi connectivity index (χ1v) is 7.51. The van der Waals surface area contributed by atoms with Gasteiger partial charge < -0.3 is 14.5 Å². The zero-order valence-electron chi connectivity index (χ0n) is 12.5. The summed E-state index contributed by atoms with van der Waals surface area (Å²) in [5, 5.41) is 4.04. The first-order chi connectivity index (χ1) is 10.1. The van der Waals surface area contributed by atoms with Crippen molar-refractivity contribution >= 4 is 16.9 Å². The summed E-state index contributed by atoms with van der Waals surface area (Å²) < 4.78 is 11.1. The highest BCUT2D eigenvalue weighted by molar-refractivity contribution is 5.88. The van der Waals surface area contributed by atoms with Crippen molar-refractivity contribution in [1.29, 1.82) is 0 Å². The van der Waals surface area contributed by atoms with Gasteiger partial charge in [-0.3, -0.25) is 4.79 Å². The molecule has 2 unspecified atom stereocenters. The van der Waals surface area contributed by atoms with Crippen molar-refractivity contribution in [3.63, 3.8) is 0 Å². The van der Waals surface area contributed by atoms with Gasteiger partial charge in [0, 0.05) is 17.6 Å². The molecule has 1 aromatic heterocycles. The fourth-order valence-electron chi connectivity index (χ4n) is 2.90. The molecule has 4 nitrogen and oxygen atoms in total. The Hall–Kier alpha value is -1.81. The average molecular weight is 287 g/mol. The van der Waals surface area contributed by atoms with Crippen LogP contribution in [0.2, 0.25) is 0 Å². The number of benzene rings is 1. The molecule has 2 aromatic rings. The maximum Gasteiger partial charge on any atom is 0.224 e. The first-order valence-electron chi connectivity index (χ1n) is 7.51. The van der Waals surface area contributed by atoms with Crippen molar-refractivity contribution in [2.24, 2.45) is 0 Å². The summed E-state index contributed by atoms with van der Waals surface area (Å²) in [5.41, 5.74) is 2.92. The molecular formula is C17H21NO3. The van der Waals surface area contributed by atoms with Gasteiger partial charge >= 0.3 is 0 Å². The van der Waals surface area contributed by atoms with Crippen LogP contribution in [0.3, 0.4) is 0 Å². The fourth-order valence-corrected chi connectivity index (χ4v) is 2.90. The van der Waals surface area contributed by atoms with E-state index in [1.165, 1.54) is 0 Å². The van der Waals surface area contributed by atoms with Crippen molar-refractivity contribution in [2.75, 3.05) is 6.61 Å². The quantitative estimate of drug-likeness (QED) is 0.940. The number of ether oxygens (including phenoxy) is 1. The Bertz CT molecular complexity index is 641. The van der Waals surface area contributed by atoms with Crippen molar-refractivity contribution in [3.05, 3.63) is 35.6 Å². The smallest absolute Gasteiger partial charge is 0.224 e. The second kappa shape index (κ2) is 5.90. The molecule has 1 saturated heterocycles. The predicted octanol–water partition coefficient (Wildman–Crippen LogP) is 2.97.